The standard InChI is InChI=1S/C28H46N4O3/c1-2-22-8-10-25(11-9-22)32-13-12-28(20-29,21-32)30-27(34)24(18-23-6-4-3-5-7-23)19-26(33)31-14-16-35-17-15-31/h22-25H,2-19,21H2,1H3,(H,30,34)/t22?,24-,25?,28-/m1/s1. The Morgan fingerprint density at radius 2 is 1.74 bits per heavy atom. The second-order valence-electron chi connectivity index (χ2n) is 11.6. The Morgan fingerprint density at radius 1 is 1.03 bits per heavy atom. The Kier molecular flexibility index (Phi) is 9.46. The minimum atomic E-state index is -0.828. The molecule has 4 rings (SSSR count). The first-order valence-corrected chi connectivity index (χ1v) is 14.3. The zero-order valence-electron chi connectivity index (χ0n) is 21.8. The average molecular weight is 487 g/mol. The van der Waals surface area contributed by atoms with Crippen LogP contribution in [-0.2, 0) is 14.3 Å². The van der Waals surface area contributed by atoms with E-state index in [1.165, 1.54) is 51.4 Å². The van der Waals surface area contributed by atoms with E-state index < -0.39 is 5.54 Å². The summed E-state index contributed by atoms with van der Waals surface area (Å²) in [6, 6.07) is 3.02. The number of carbonyl (C=O) groups excluding carboxylic acids is 2. The van der Waals surface area contributed by atoms with Crippen LogP contribution in [0.1, 0.15) is 90.4 Å². The van der Waals surface area contributed by atoms with Crippen molar-refractivity contribution in [2.24, 2.45) is 17.8 Å². The fourth-order valence-electron chi connectivity index (χ4n) is 6.89. The molecule has 196 valence electrons. The number of likely N-dealkylation sites (tertiary alicyclic amines) is 1. The summed E-state index contributed by atoms with van der Waals surface area (Å²) in [5, 5.41) is 13.4. The van der Waals surface area contributed by atoms with Crippen molar-refractivity contribution < 1.29 is 14.3 Å². The van der Waals surface area contributed by atoms with Gasteiger partial charge in [-0.2, -0.15) is 5.26 Å². The molecule has 0 radical (unpaired) electrons. The Morgan fingerprint density at radius 3 is 2.40 bits per heavy atom. The van der Waals surface area contributed by atoms with Crippen LogP contribution in [0.4, 0.5) is 0 Å². The van der Waals surface area contributed by atoms with E-state index in [2.05, 4.69) is 23.2 Å². The topological polar surface area (TPSA) is 85.7 Å². The second kappa shape index (κ2) is 12.5. The quantitative estimate of drug-likeness (QED) is 0.563. The van der Waals surface area contributed by atoms with Crippen LogP contribution < -0.4 is 5.32 Å². The lowest BCUT2D eigenvalue weighted by Gasteiger charge is -2.35. The van der Waals surface area contributed by atoms with E-state index in [0.717, 1.165) is 31.7 Å². The van der Waals surface area contributed by atoms with E-state index in [4.69, 9.17) is 4.74 Å². The maximum Gasteiger partial charge on any atom is 0.224 e. The normalized spacial score (nSPS) is 31.6. The molecular weight excluding hydrogens is 440 g/mol. The maximum absolute atomic E-state index is 13.6. The van der Waals surface area contributed by atoms with Gasteiger partial charge in [-0.15, -0.1) is 0 Å². The Hall–Kier alpha value is -1.65. The van der Waals surface area contributed by atoms with E-state index in [-0.39, 0.29) is 24.2 Å². The fourth-order valence-corrected chi connectivity index (χ4v) is 6.89. The van der Waals surface area contributed by atoms with Crippen molar-refractivity contribution in [2.45, 2.75) is 102 Å². The van der Waals surface area contributed by atoms with Crippen LogP contribution in [0.25, 0.3) is 0 Å². The molecule has 2 saturated heterocycles. The molecule has 0 aromatic rings. The molecular formula is C28H46N4O3. The van der Waals surface area contributed by atoms with Gasteiger partial charge >= 0.3 is 0 Å². The number of morpholine rings is 1. The molecule has 2 aliphatic heterocycles. The number of hydrogen-bond acceptors (Lipinski definition) is 5. The number of amides is 2. The van der Waals surface area contributed by atoms with Crippen LogP contribution in [0.15, 0.2) is 0 Å². The molecule has 4 fully saturated rings. The highest BCUT2D eigenvalue weighted by atomic mass is 16.5. The van der Waals surface area contributed by atoms with Crippen molar-refractivity contribution >= 4 is 11.8 Å². The lowest BCUT2D eigenvalue weighted by atomic mass is 9.81. The summed E-state index contributed by atoms with van der Waals surface area (Å²) in [6.45, 7) is 6.11. The molecule has 2 saturated carbocycles. The number of nitriles is 1. The third kappa shape index (κ3) is 6.98. The van der Waals surface area contributed by atoms with Gasteiger partial charge in [-0.3, -0.25) is 14.5 Å². The second-order valence-corrected chi connectivity index (χ2v) is 11.6. The van der Waals surface area contributed by atoms with Gasteiger partial charge in [-0.25, -0.2) is 0 Å². The van der Waals surface area contributed by atoms with Crippen molar-refractivity contribution in [3.05, 3.63) is 0 Å². The smallest absolute Gasteiger partial charge is 0.224 e. The van der Waals surface area contributed by atoms with Crippen LogP contribution in [0.5, 0.6) is 0 Å². The predicted octanol–water partition coefficient (Wildman–Crippen LogP) is 3.87. The molecule has 7 heteroatoms. The van der Waals surface area contributed by atoms with Gasteiger partial charge in [0.05, 0.1) is 19.3 Å². The van der Waals surface area contributed by atoms with Gasteiger partial charge in [-0.1, -0.05) is 45.4 Å². The Labute approximate surface area is 211 Å². The van der Waals surface area contributed by atoms with Crippen molar-refractivity contribution in [3.8, 4) is 6.07 Å². The first kappa shape index (κ1) is 26.4. The fraction of sp³-hybridized carbons (Fsp3) is 0.893. The molecule has 35 heavy (non-hydrogen) atoms. The molecule has 0 spiro atoms. The molecule has 4 aliphatic rings. The first-order chi connectivity index (χ1) is 17.0. The van der Waals surface area contributed by atoms with Crippen molar-refractivity contribution in [3.63, 3.8) is 0 Å². The highest BCUT2D eigenvalue weighted by molar-refractivity contribution is 5.86. The summed E-state index contributed by atoms with van der Waals surface area (Å²) >= 11 is 0. The summed E-state index contributed by atoms with van der Waals surface area (Å²) in [5.74, 6) is 0.960. The van der Waals surface area contributed by atoms with Crippen LogP contribution >= 0.6 is 0 Å². The molecule has 0 aromatic carbocycles. The summed E-state index contributed by atoms with van der Waals surface area (Å²) in [5.41, 5.74) is -0.828. The largest absolute Gasteiger partial charge is 0.378 e. The molecule has 2 aliphatic carbocycles. The van der Waals surface area contributed by atoms with Crippen molar-refractivity contribution in [1.82, 2.24) is 15.1 Å². The average Bonchev–Trinajstić information content (AvgIpc) is 3.33. The van der Waals surface area contributed by atoms with Crippen LogP contribution in [0.3, 0.4) is 0 Å². The molecule has 2 heterocycles. The number of nitrogens with zero attached hydrogens (tertiary/aromatic N) is 3. The predicted molar refractivity (Wildman–Crippen MR) is 135 cm³/mol. The zero-order chi connectivity index (χ0) is 24.7. The number of carbonyl (C=O) groups is 2. The molecule has 2 atom stereocenters. The van der Waals surface area contributed by atoms with E-state index in [0.29, 0.717) is 51.2 Å². The SMILES string of the molecule is CCC1CCC(N2CC[C@](C#N)(NC(=O)[C@@H](CC(=O)N3CCOCC3)CC3CCCCC3)C2)CC1. The molecule has 0 bridgehead atoms. The third-order valence-electron chi connectivity index (χ3n) is 9.28. The summed E-state index contributed by atoms with van der Waals surface area (Å²) < 4.78 is 5.40. The zero-order valence-corrected chi connectivity index (χ0v) is 21.8. The van der Waals surface area contributed by atoms with Crippen LogP contribution in [-0.4, -0.2) is 72.6 Å². The van der Waals surface area contributed by atoms with Gasteiger partial charge < -0.3 is 15.0 Å². The van der Waals surface area contributed by atoms with Gasteiger partial charge in [0.25, 0.3) is 0 Å². The Balaban J connectivity index is 1.38. The van der Waals surface area contributed by atoms with Gasteiger partial charge in [-0.05, 0) is 50.4 Å². The monoisotopic (exact) mass is 486 g/mol. The van der Waals surface area contributed by atoms with Crippen LogP contribution in [0.2, 0.25) is 0 Å². The van der Waals surface area contributed by atoms with Gasteiger partial charge in [0.15, 0.2) is 0 Å². The van der Waals surface area contributed by atoms with Gasteiger partial charge in [0.1, 0.15) is 5.54 Å². The van der Waals surface area contributed by atoms with Crippen molar-refractivity contribution in [2.75, 3.05) is 39.4 Å². The highest BCUT2D eigenvalue weighted by Gasteiger charge is 2.44. The minimum Gasteiger partial charge on any atom is -0.378 e. The Bertz CT molecular complexity index is 748. The van der Waals surface area contributed by atoms with E-state index in [1.807, 2.05) is 4.90 Å². The number of hydrogen-bond donors (Lipinski definition) is 1. The summed E-state index contributed by atoms with van der Waals surface area (Å²) in [6.07, 6.45) is 13.9. The summed E-state index contributed by atoms with van der Waals surface area (Å²) in [4.78, 5) is 31.0. The minimum absolute atomic E-state index is 0.0519. The van der Waals surface area contributed by atoms with Crippen LogP contribution in [0, 0.1) is 29.1 Å². The third-order valence-corrected chi connectivity index (χ3v) is 9.28. The molecule has 2 amide bonds. The lowest BCUT2D eigenvalue weighted by Crippen LogP contribution is -2.53. The van der Waals surface area contributed by atoms with E-state index in [9.17, 15) is 14.9 Å². The number of rotatable bonds is 8. The number of nitrogens with one attached hydrogen (secondary N) is 1. The first-order valence-electron chi connectivity index (χ1n) is 14.3. The highest BCUT2D eigenvalue weighted by Crippen LogP contribution is 2.34. The molecule has 0 unspecified atom stereocenters. The van der Waals surface area contributed by atoms with E-state index in [1.54, 1.807) is 0 Å². The summed E-state index contributed by atoms with van der Waals surface area (Å²) in [7, 11) is 0. The molecule has 7 nitrogen and oxygen atoms in total. The molecule has 0 aromatic heterocycles. The van der Waals surface area contributed by atoms with Gasteiger partial charge in [0, 0.05) is 44.6 Å². The number of ether oxygens (including phenoxy) is 1. The lowest BCUT2D eigenvalue weighted by molar-refractivity contribution is -0.140. The van der Waals surface area contributed by atoms with Crippen molar-refractivity contribution in [1.29, 1.82) is 5.26 Å². The van der Waals surface area contributed by atoms with Gasteiger partial charge in [0.2, 0.25) is 11.8 Å². The maximum atomic E-state index is 13.6. The molecule has 1 N–H and O–H groups in total. The van der Waals surface area contributed by atoms with E-state index >= 15 is 0 Å².